The number of nitrogens with one attached hydrogen (secondary N) is 1. The first-order valence-corrected chi connectivity index (χ1v) is 6.11. The molecule has 2 nitrogen and oxygen atoms in total. The lowest BCUT2D eigenvalue weighted by molar-refractivity contribution is 0.0116. The highest BCUT2D eigenvalue weighted by molar-refractivity contribution is 9.10. The summed E-state index contributed by atoms with van der Waals surface area (Å²) in [7, 11) is 0. The standard InChI is InChI=1S/C12H16BrNO/c1-9-3-4-10(11(13)7-9)12(15)5-2-6-14-8-12/h3-4,7,14-15H,2,5-6,8H2,1H3. The van der Waals surface area contributed by atoms with Gasteiger partial charge in [-0.2, -0.15) is 0 Å². The Morgan fingerprint density at radius 3 is 2.87 bits per heavy atom. The van der Waals surface area contributed by atoms with Crippen LogP contribution in [0.25, 0.3) is 0 Å². The zero-order valence-corrected chi connectivity index (χ0v) is 10.5. The van der Waals surface area contributed by atoms with Crippen molar-refractivity contribution in [3.05, 3.63) is 33.8 Å². The second kappa shape index (κ2) is 4.24. The minimum Gasteiger partial charge on any atom is -0.384 e. The van der Waals surface area contributed by atoms with Crippen LogP contribution in [0.5, 0.6) is 0 Å². The van der Waals surface area contributed by atoms with E-state index in [0.29, 0.717) is 6.54 Å². The molecule has 1 heterocycles. The first kappa shape index (κ1) is 11.1. The fraction of sp³-hybridized carbons (Fsp3) is 0.500. The van der Waals surface area contributed by atoms with Crippen LogP contribution in [0.3, 0.4) is 0 Å². The highest BCUT2D eigenvalue weighted by Gasteiger charge is 2.32. The van der Waals surface area contributed by atoms with Crippen molar-refractivity contribution in [3.8, 4) is 0 Å². The van der Waals surface area contributed by atoms with E-state index in [4.69, 9.17) is 0 Å². The summed E-state index contributed by atoms with van der Waals surface area (Å²) >= 11 is 3.53. The van der Waals surface area contributed by atoms with Crippen LogP contribution in [0.4, 0.5) is 0 Å². The van der Waals surface area contributed by atoms with E-state index >= 15 is 0 Å². The summed E-state index contributed by atoms with van der Waals surface area (Å²) in [5, 5.41) is 13.8. The van der Waals surface area contributed by atoms with Crippen molar-refractivity contribution < 1.29 is 5.11 Å². The SMILES string of the molecule is Cc1ccc(C2(O)CCCNC2)c(Br)c1. The second-order valence-corrected chi connectivity index (χ2v) is 5.15. The first-order valence-electron chi connectivity index (χ1n) is 5.31. The maximum Gasteiger partial charge on any atom is 0.103 e. The van der Waals surface area contributed by atoms with E-state index in [1.165, 1.54) is 5.56 Å². The number of benzene rings is 1. The third kappa shape index (κ3) is 2.25. The zero-order chi connectivity index (χ0) is 10.9. The van der Waals surface area contributed by atoms with E-state index in [2.05, 4.69) is 34.2 Å². The Bertz CT molecular complexity index is 359. The zero-order valence-electron chi connectivity index (χ0n) is 8.89. The summed E-state index contributed by atoms with van der Waals surface area (Å²) in [6, 6.07) is 6.13. The quantitative estimate of drug-likeness (QED) is 0.821. The molecule has 15 heavy (non-hydrogen) atoms. The molecule has 0 amide bonds. The maximum absolute atomic E-state index is 10.5. The van der Waals surface area contributed by atoms with E-state index in [1.807, 2.05) is 12.1 Å². The number of aryl methyl sites for hydroxylation is 1. The normalized spacial score (nSPS) is 26.6. The van der Waals surface area contributed by atoms with Crippen molar-refractivity contribution in [1.29, 1.82) is 0 Å². The van der Waals surface area contributed by atoms with Crippen molar-refractivity contribution >= 4 is 15.9 Å². The fourth-order valence-corrected chi connectivity index (χ4v) is 2.98. The molecule has 2 N–H and O–H groups in total. The minimum atomic E-state index is -0.704. The summed E-state index contributed by atoms with van der Waals surface area (Å²) in [5.74, 6) is 0. The molecule has 1 unspecified atom stereocenters. The molecule has 1 fully saturated rings. The summed E-state index contributed by atoms with van der Waals surface area (Å²) in [6.45, 7) is 3.71. The van der Waals surface area contributed by atoms with Gasteiger partial charge in [-0.1, -0.05) is 28.1 Å². The van der Waals surface area contributed by atoms with Gasteiger partial charge in [-0.3, -0.25) is 0 Å². The molecule has 1 saturated heterocycles. The van der Waals surface area contributed by atoms with E-state index in [9.17, 15) is 5.11 Å². The summed E-state index contributed by atoms with van der Waals surface area (Å²) in [4.78, 5) is 0. The molecule has 0 saturated carbocycles. The molecular formula is C12H16BrNO. The van der Waals surface area contributed by atoms with Crippen LogP contribution in [0.15, 0.2) is 22.7 Å². The average molecular weight is 270 g/mol. The van der Waals surface area contributed by atoms with E-state index < -0.39 is 5.60 Å². The number of halogens is 1. The molecule has 1 aromatic carbocycles. The van der Waals surface area contributed by atoms with Crippen LogP contribution in [0.2, 0.25) is 0 Å². The Kier molecular flexibility index (Phi) is 3.14. The van der Waals surface area contributed by atoms with Gasteiger partial charge in [-0.15, -0.1) is 0 Å². The molecule has 0 aliphatic carbocycles. The van der Waals surface area contributed by atoms with Crippen LogP contribution in [-0.4, -0.2) is 18.2 Å². The molecular weight excluding hydrogens is 254 g/mol. The average Bonchev–Trinajstić information content (AvgIpc) is 2.18. The van der Waals surface area contributed by atoms with Crippen LogP contribution < -0.4 is 5.32 Å². The van der Waals surface area contributed by atoms with Crippen molar-refractivity contribution in [2.24, 2.45) is 0 Å². The predicted molar refractivity (Wildman–Crippen MR) is 64.9 cm³/mol. The molecule has 0 spiro atoms. The second-order valence-electron chi connectivity index (χ2n) is 4.30. The topological polar surface area (TPSA) is 32.3 Å². The number of piperidine rings is 1. The molecule has 1 aromatic rings. The lowest BCUT2D eigenvalue weighted by Crippen LogP contribution is -2.43. The Labute approximate surface area is 98.8 Å². The minimum absolute atomic E-state index is 0.647. The highest BCUT2D eigenvalue weighted by Crippen LogP contribution is 2.33. The third-order valence-corrected chi connectivity index (χ3v) is 3.64. The smallest absolute Gasteiger partial charge is 0.103 e. The van der Waals surface area contributed by atoms with Gasteiger partial charge in [0.05, 0.1) is 0 Å². The van der Waals surface area contributed by atoms with Crippen LogP contribution in [0.1, 0.15) is 24.0 Å². The Morgan fingerprint density at radius 1 is 1.47 bits per heavy atom. The molecule has 1 atom stereocenters. The number of β-amino-alcohol motifs (C(OH)–C–C–N with tert-alkyl or cyclic N) is 1. The molecule has 0 aromatic heterocycles. The van der Waals surface area contributed by atoms with Crippen LogP contribution in [0, 0.1) is 6.92 Å². The lowest BCUT2D eigenvalue weighted by atomic mass is 9.86. The van der Waals surface area contributed by atoms with E-state index in [1.54, 1.807) is 0 Å². The van der Waals surface area contributed by atoms with Crippen LogP contribution >= 0.6 is 15.9 Å². The maximum atomic E-state index is 10.5. The van der Waals surface area contributed by atoms with Gasteiger partial charge in [0.1, 0.15) is 5.60 Å². The number of hydrogen-bond donors (Lipinski definition) is 2. The van der Waals surface area contributed by atoms with Crippen molar-refractivity contribution in [2.75, 3.05) is 13.1 Å². The molecule has 1 aliphatic heterocycles. The highest BCUT2D eigenvalue weighted by atomic mass is 79.9. The Morgan fingerprint density at radius 2 is 2.27 bits per heavy atom. The van der Waals surface area contributed by atoms with Gasteiger partial charge in [0, 0.05) is 11.0 Å². The molecule has 2 rings (SSSR count). The lowest BCUT2D eigenvalue weighted by Gasteiger charge is -2.34. The van der Waals surface area contributed by atoms with Gasteiger partial charge in [-0.05, 0) is 43.5 Å². The molecule has 0 bridgehead atoms. The van der Waals surface area contributed by atoms with E-state index in [0.717, 1.165) is 29.4 Å². The number of aliphatic hydroxyl groups is 1. The largest absolute Gasteiger partial charge is 0.384 e. The van der Waals surface area contributed by atoms with Gasteiger partial charge >= 0.3 is 0 Å². The fourth-order valence-electron chi connectivity index (χ4n) is 2.12. The first-order chi connectivity index (χ1) is 7.12. The molecule has 3 heteroatoms. The number of hydrogen-bond acceptors (Lipinski definition) is 2. The number of rotatable bonds is 1. The van der Waals surface area contributed by atoms with Crippen molar-refractivity contribution in [2.45, 2.75) is 25.4 Å². The Hall–Kier alpha value is -0.380. The summed E-state index contributed by atoms with van der Waals surface area (Å²) < 4.78 is 1.01. The summed E-state index contributed by atoms with van der Waals surface area (Å²) in [5.41, 5.74) is 1.50. The van der Waals surface area contributed by atoms with Crippen molar-refractivity contribution in [3.63, 3.8) is 0 Å². The third-order valence-electron chi connectivity index (χ3n) is 2.99. The van der Waals surface area contributed by atoms with Gasteiger partial charge in [0.15, 0.2) is 0 Å². The van der Waals surface area contributed by atoms with Crippen LogP contribution in [-0.2, 0) is 5.60 Å². The van der Waals surface area contributed by atoms with E-state index in [-0.39, 0.29) is 0 Å². The van der Waals surface area contributed by atoms with Gasteiger partial charge in [0.2, 0.25) is 0 Å². The van der Waals surface area contributed by atoms with Gasteiger partial charge in [0.25, 0.3) is 0 Å². The predicted octanol–water partition coefficient (Wildman–Crippen LogP) is 2.33. The molecule has 82 valence electrons. The monoisotopic (exact) mass is 269 g/mol. The summed E-state index contributed by atoms with van der Waals surface area (Å²) in [6.07, 6.45) is 1.86. The molecule has 0 radical (unpaired) electrons. The Balaban J connectivity index is 2.35. The van der Waals surface area contributed by atoms with Crippen molar-refractivity contribution in [1.82, 2.24) is 5.32 Å². The molecule has 1 aliphatic rings. The van der Waals surface area contributed by atoms with Gasteiger partial charge < -0.3 is 10.4 Å². The van der Waals surface area contributed by atoms with Gasteiger partial charge in [-0.25, -0.2) is 0 Å².